The third-order valence-electron chi connectivity index (χ3n) is 2.87. The number of methoxy groups -OCH3 is 1. The van der Waals surface area contributed by atoms with E-state index in [9.17, 15) is 4.39 Å². The fourth-order valence-corrected chi connectivity index (χ4v) is 1.86. The maximum atomic E-state index is 13.7. The Bertz CT molecular complexity index is 547. The van der Waals surface area contributed by atoms with Gasteiger partial charge in [-0.3, -0.25) is 0 Å². The molecule has 0 spiro atoms. The first-order valence-electron chi connectivity index (χ1n) is 5.53. The first kappa shape index (κ1) is 11.6. The lowest BCUT2D eigenvalue weighted by atomic mass is 10.0. The molecule has 2 aromatic rings. The SMILES string of the molecule is COc1cc(-c2cccc(C)c2)cc(F)c1C. The van der Waals surface area contributed by atoms with Crippen LogP contribution < -0.4 is 4.74 Å². The molecule has 17 heavy (non-hydrogen) atoms. The topological polar surface area (TPSA) is 9.23 Å². The Morgan fingerprint density at radius 1 is 1.00 bits per heavy atom. The highest BCUT2D eigenvalue weighted by molar-refractivity contribution is 5.67. The molecule has 2 rings (SSSR count). The van der Waals surface area contributed by atoms with Crippen molar-refractivity contribution in [2.45, 2.75) is 13.8 Å². The molecule has 88 valence electrons. The van der Waals surface area contributed by atoms with Gasteiger partial charge in [-0.25, -0.2) is 4.39 Å². The van der Waals surface area contributed by atoms with Gasteiger partial charge in [-0.05, 0) is 37.1 Å². The highest BCUT2D eigenvalue weighted by Crippen LogP contribution is 2.29. The number of ether oxygens (including phenoxy) is 1. The molecule has 0 aliphatic heterocycles. The Morgan fingerprint density at radius 3 is 2.41 bits per heavy atom. The van der Waals surface area contributed by atoms with E-state index in [4.69, 9.17) is 4.74 Å². The van der Waals surface area contributed by atoms with Crippen molar-refractivity contribution in [1.82, 2.24) is 0 Å². The van der Waals surface area contributed by atoms with E-state index < -0.39 is 0 Å². The molecule has 0 radical (unpaired) electrons. The minimum Gasteiger partial charge on any atom is -0.496 e. The minimum atomic E-state index is -0.235. The molecular formula is C15H15FO. The molecule has 0 atom stereocenters. The molecule has 2 heteroatoms. The van der Waals surface area contributed by atoms with E-state index in [0.717, 1.165) is 16.7 Å². The summed E-state index contributed by atoms with van der Waals surface area (Å²) in [6.07, 6.45) is 0. The summed E-state index contributed by atoms with van der Waals surface area (Å²) in [5, 5.41) is 0. The third-order valence-corrected chi connectivity index (χ3v) is 2.87. The number of aryl methyl sites for hydroxylation is 1. The van der Waals surface area contributed by atoms with Crippen LogP contribution in [-0.2, 0) is 0 Å². The first-order valence-corrected chi connectivity index (χ1v) is 5.53. The van der Waals surface area contributed by atoms with Gasteiger partial charge in [0.1, 0.15) is 11.6 Å². The van der Waals surface area contributed by atoms with Crippen LogP contribution >= 0.6 is 0 Å². The smallest absolute Gasteiger partial charge is 0.130 e. The predicted molar refractivity (Wildman–Crippen MR) is 67.9 cm³/mol. The number of benzene rings is 2. The summed E-state index contributed by atoms with van der Waals surface area (Å²) >= 11 is 0. The second kappa shape index (κ2) is 4.58. The van der Waals surface area contributed by atoms with E-state index in [-0.39, 0.29) is 5.82 Å². The molecule has 0 bridgehead atoms. The van der Waals surface area contributed by atoms with Crippen molar-refractivity contribution in [3.63, 3.8) is 0 Å². The Kier molecular flexibility index (Phi) is 3.14. The zero-order chi connectivity index (χ0) is 12.4. The van der Waals surface area contributed by atoms with E-state index >= 15 is 0 Å². The summed E-state index contributed by atoms with van der Waals surface area (Å²) in [5.74, 6) is 0.349. The maximum absolute atomic E-state index is 13.7. The van der Waals surface area contributed by atoms with Crippen LogP contribution in [0.15, 0.2) is 36.4 Å². The Balaban J connectivity index is 2.56. The Hall–Kier alpha value is -1.83. The van der Waals surface area contributed by atoms with Gasteiger partial charge in [0.2, 0.25) is 0 Å². The molecule has 0 unspecified atom stereocenters. The molecular weight excluding hydrogens is 215 g/mol. The van der Waals surface area contributed by atoms with Gasteiger partial charge in [-0.2, -0.15) is 0 Å². The highest BCUT2D eigenvalue weighted by atomic mass is 19.1. The molecule has 0 saturated heterocycles. The highest BCUT2D eigenvalue weighted by Gasteiger charge is 2.08. The third kappa shape index (κ3) is 2.31. The molecule has 0 saturated carbocycles. The normalized spacial score (nSPS) is 10.4. The first-order chi connectivity index (χ1) is 8.11. The van der Waals surface area contributed by atoms with Gasteiger partial charge in [-0.1, -0.05) is 29.8 Å². The standard InChI is InChI=1S/C15H15FO/c1-10-5-4-6-12(7-10)13-8-14(16)11(2)15(9-13)17-3/h4-9H,1-3H3. The van der Waals surface area contributed by atoms with Crippen LogP contribution in [0.5, 0.6) is 5.75 Å². The molecule has 0 amide bonds. The summed E-state index contributed by atoms with van der Waals surface area (Å²) in [4.78, 5) is 0. The van der Waals surface area contributed by atoms with Crippen molar-refractivity contribution < 1.29 is 9.13 Å². The van der Waals surface area contributed by atoms with Crippen LogP contribution in [0.1, 0.15) is 11.1 Å². The fourth-order valence-electron chi connectivity index (χ4n) is 1.86. The van der Waals surface area contributed by atoms with E-state index in [0.29, 0.717) is 11.3 Å². The Labute approximate surface area is 101 Å². The van der Waals surface area contributed by atoms with Gasteiger partial charge < -0.3 is 4.74 Å². The molecule has 0 N–H and O–H groups in total. The second-order valence-electron chi connectivity index (χ2n) is 4.15. The van der Waals surface area contributed by atoms with Crippen molar-refractivity contribution >= 4 is 0 Å². The summed E-state index contributed by atoms with van der Waals surface area (Å²) < 4.78 is 18.9. The average molecular weight is 230 g/mol. The summed E-state index contributed by atoms with van der Waals surface area (Å²) in [6.45, 7) is 3.74. The maximum Gasteiger partial charge on any atom is 0.130 e. The van der Waals surface area contributed by atoms with E-state index in [1.54, 1.807) is 20.1 Å². The average Bonchev–Trinajstić information content (AvgIpc) is 2.32. The molecule has 1 nitrogen and oxygen atoms in total. The minimum absolute atomic E-state index is 0.235. The second-order valence-corrected chi connectivity index (χ2v) is 4.15. The van der Waals surface area contributed by atoms with Gasteiger partial charge in [0, 0.05) is 5.56 Å². The number of hydrogen-bond donors (Lipinski definition) is 0. The van der Waals surface area contributed by atoms with Crippen LogP contribution in [-0.4, -0.2) is 7.11 Å². The summed E-state index contributed by atoms with van der Waals surface area (Å²) in [5.41, 5.74) is 3.54. The molecule has 0 aliphatic carbocycles. The van der Waals surface area contributed by atoms with Crippen molar-refractivity contribution in [1.29, 1.82) is 0 Å². The summed E-state index contributed by atoms with van der Waals surface area (Å²) in [6, 6.07) is 11.4. The van der Waals surface area contributed by atoms with Crippen LogP contribution in [0.25, 0.3) is 11.1 Å². The zero-order valence-electron chi connectivity index (χ0n) is 10.3. The van der Waals surface area contributed by atoms with Crippen molar-refractivity contribution in [2.24, 2.45) is 0 Å². The molecule has 0 aliphatic rings. The predicted octanol–water partition coefficient (Wildman–Crippen LogP) is 4.12. The van der Waals surface area contributed by atoms with Crippen LogP contribution in [0.2, 0.25) is 0 Å². The summed E-state index contributed by atoms with van der Waals surface area (Å²) in [7, 11) is 1.56. The molecule has 0 fully saturated rings. The van der Waals surface area contributed by atoms with Gasteiger partial charge in [0.15, 0.2) is 0 Å². The van der Waals surface area contributed by atoms with Gasteiger partial charge >= 0.3 is 0 Å². The Morgan fingerprint density at radius 2 is 1.76 bits per heavy atom. The van der Waals surface area contributed by atoms with Crippen molar-refractivity contribution in [3.05, 3.63) is 53.3 Å². The van der Waals surface area contributed by atoms with Crippen molar-refractivity contribution in [2.75, 3.05) is 7.11 Å². The quantitative estimate of drug-likeness (QED) is 0.754. The monoisotopic (exact) mass is 230 g/mol. The number of hydrogen-bond acceptors (Lipinski definition) is 1. The number of halogens is 1. The van der Waals surface area contributed by atoms with Crippen LogP contribution in [0.4, 0.5) is 4.39 Å². The van der Waals surface area contributed by atoms with E-state index in [1.165, 1.54) is 0 Å². The largest absolute Gasteiger partial charge is 0.496 e. The van der Waals surface area contributed by atoms with Gasteiger partial charge in [-0.15, -0.1) is 0 Å². The molecule has 2 aromatic carbocycles. The van der Waals surface area contributed by atoms with Gasteiger partial charge in [0.25, 0.3) is 0 Å². The lowest BCUT2D eigenvalue weighted by Crippen LogP contribution is -1.92. The fraction of sp³-hybridized carbons (Fsp3) is 0.200. The lowest BCUT2D eigenvalue weighted by molar-refractivity contribution is 0.407. The van der Waals surface area contributed by atoms with E-state index in [1.807, 2.05) is 37.3 Å². The van der Waals surface area contributed by atoms with E-state index in [2.05, 4.69) is 0 Å². The van der Waals surface area contributed by atoms with Crippen molar-refractivity contribution in [3.8, 4) is 16.9 Å². The number of rotatable bonds is 2. The lowest BCUT2D eigenvalue weighted by Gasteiger charge is -2.09. The van der Waals surface area contributed by atoms with Gasteiger partial charge in [0.05, 0.1) is 7.11 Å². The van der Waals surface area contributed by atoms with Crippen LogP contribution in [0.3, 0.4) is 0 Å². The van der Waals surface area contributed by atoms with Crippen LogP contribution in [0, 0.1) is 19.7 Å². The molecule has 0 aromatic heterocycles. The zero-order valence-corrected chi connectivity index (χ0v) is 10.3. The molecule has 0 heterocycles.